The van der Waals surface area contributed by atoms with Gasteiger partial charge in [0.1, 0.15) is 0 Å². The predicted molar refractivity (Wildman–Crippen MR) is 110 cm³/mol. The molecule has 1 aromatic carbocycles. The van der Waals surface area contributed by atoms with Gasteiger partial charge in [-0.1, -0.05) is 24.3 Å². The Morgan fingerprint density at radius 1 is 1.25 bits per heavy atom. The molecule has 0 saturated heterocycles. The summed E-state index contributed by atoms with van der Waals surface area (Å²) in [5.41, 5.74) is 1.64. The molecular weight excluding hydrogens is 378 g/mol. The fourth-order valence-corrected chi connectivity index (χ4v) is 4.73. The van der Waals surface area contributed by atoms with Crippen LogP contribution < -0.4 is 0 Å². The van der Waals surface area contributed by atoms with Crippen LogP contribution in [0.15, 0.2) is 43.1 Å². The fraction of sp³-hybridized carbons (Fsp3) is 0.429. The van der Waals surface area contributed by atoms with Crippen molar-refractivity contribution < 1.29 is 22.7 Å². The minimum absolute atomic E-state index is 0.00726. The third kappa shape index (κ3) is 5.10. The molecule has 0 fully saturated rings. The van der Waals surface area contributed by atoms with E-state index in [-0.39, 0.29) is 24.6 Å². The number of ketones is 1. The van der Waals surface area contributed by atoms with E-state index in [0.29, 0.717) is 24.9 Å². The number of nitrogens with zero attached hydrogens (tertiary/aromatic N) is 1. The number of hydrogen-bond acceptors (Lipinski definition) is 5. The number of Topliss-reactive ketones (excluding diaryl/α,β-unsaturated/α-hetero) is 1. The molecule has 0 aliphatic heterocycles. The van der Waals surface area contributed by atoms with Gasteiger partial charge >= 0.3 is 5.97 Å². The van der Waals surface area contributed by atoms with Crippen LogP contribution >= 0.6 is 0 Å². The van der Waals surface area contributed by atoms with Crippen LogP contribution in [0.4, 0.5) is 0 Å². The number of benzene rings is 1. The van der Waals surface area contributed by atoms with Crippen LogP contribution in [0.3, 0.4) is 0 Å². The number of esters is 1. The second-order valence-corrected chi connectivity index (χ2v) is 8.89. The summed E-state index contributed by atoms with van der Waals surface area (Å²) in [6.45, 7) is 7.42. The van der Waals surface area contributed by atoms with E-state index in [0.717, 1.165) is 10.9 Å². The lowest BCUT2D eigenvalue weighted by Crippen LogP contribution is -2.33. The first-order valence-corrected chi connectivity index (χ1v) is 11.1. The van der Waals surface area contributed by atoms with E-state index >= 15 is 0 Å². The number of aromatic nitrogens is 1. The largest absolute Gasteiger partial charge is 0.465 e. The third-order valence-electron chi connectivity index (χ3n) is 4.62. The van der Waals surface area contributed by atoms with Gasteiger partial charge in [-0.2, -0.15) is 0 Å². The van der Waals surface area contributed by atoms with Gasteiger partial charge in [0.25, 0.3) is 0 Å². The number of rotatable bonds is 11. The van der Waals surface area contributed by atoms with Crippen molar-refractivity contribution in [2.24, 2.45) is 0 Å². The number of aryl methyl sites for hydroxylation is 1. The van der Waals surface area contributed by atoms with E-state index < -0.39 is 21.1 Å². The van der Waals surface area contributed by atoms with Gasteiger partial charge in [0.2, 0.25) is 0 Å². The Morgan fingerprint density at radius 3 is 2.61 bits per heavy atom. The number of para-hydroxylation sites is 1. The Hall–Kier alpha value is -2.41. The molecule has 1 unspecified atom stereocenters. The molecule has 2 aromatic rings. The lowest BCUT2D eigenvalue weighted by Gasteiger charge is -2.15. The lowest BCUT2D eigenvalue weighted by molar-refractivity contribution is -0.142. The molecule has 1 atom stereocenters. The van der Waals surface area contributed by atoms with Crippen LogP contribution in [0.1, 0.15) is 43.5 Å². The maximum absolute atomic E-state index is 12.3. The highest BCUT2D eigenvalue weighted by molar-refractivity contribution is 7.92. The summed E-state index contributed by atoms with van der Waals surface area (Å²) < 4.78 is 31.6. The molecule has 28 heavy (non-hydrogen) atoms. The number of hydrogen-bond donors (Lipinski definition) is 0. The molecule has 0 radical (unpaired) electrons. The highest BCUT2D eigenvalue weighted by Crippen LogP contribution is 2.23. The van der Waals surface area contributed by atoms with Crippen molar-refractivity contribution in [1.29, 1.82) is 0 Å². The maximum atomic E-state index is 12.3. The van der Waals surface area contributed by atoms with E-state index in [9.17, 15) is 18.0 Å². The molecule has 0 bridgehead atoms. The van der Waals surface area contributed by atoms with Gasteiger partial charge in [-0.05, 0) is 39.2 Å². The Labute approximate surface area is 166 Å². The molecule has 0 N–H and O–H groups in total. The number of carbonyl (C=O) groups excluding carboxylic acids is 2. The molecule has 0 aliphatic rings. The molecule has 7 heteroatoms. The fourth-order valence-electron chi connectivity index (χ4n) is 3.28. The molecular formula is C21H27NO5S. The smallest absolute Gasteiger partial charge is 0.324 e. The Balaban J connectivity index is 2.07. The minimum atomic E-state index is -3.62. The maximum Gasteiger partial charge on any atom is 0.324 e. The quantitative estimate of drug-likeness (QED) is 0.247. The zero-order valence-electron chi connectivity index (χ0n) is 16.4. The standard InChI is InChI=1S/C21H27NO5S/c1-4-14-28(25,26)20(21(24)27-5-2)12-8-9-13-22-15-18(16(3)23)17-10-6-7-11-19(17)22/h4,6-7,10-11,15,20H,1,5,8-9,12-14H2,2-3H3. The van der Waals surface area contributed by atoms with Crippen molar-refractivity contribution in [2.75, 3.05) is 12.4 Å². The van der Waals surface area contributed by atoms with Crippen LogP contribution in [0.5, 0.6) is 0 Å². The van der Waals surface area contributed by atoms with E-state index in [1.165, 1.54) is 6.08 Å². The number of fused-ring (bicyclic) bond motifs is 1. The molecule has 0 aliphatic carbocycles. The molecule has 6 nitrogen and oxygen atoms in total. The highest BCUT2D eigenvalue weighted by atomic mass is 32.2. The number of unbranched alkanes of at least 4 members (excludes halogenated alkanes) is 1. The van der Waals surface area contributed by atoms with Gasteiger partial charge in [0, 0.05) is 29.2 Å². The molecule has 0 spiro atoms. The third-order valence-corrected chi connectivity index (χ3v) is 6.61. The monoisotopic (exact) mass is 405 g/mol. The van der Waals surface area contributed by atoms with Crippen LogP contribution in [0.25, 0.3) is 10.9 Å². The first-order chi connectivity index (χ1) is 13.3. The normalized spacial score (nSPS) is 12.6. The van der Waals surface area contributed by atoms with Crippen molar-refractivity contribution in [3.05, 3.63) is 48.7 Å². The lowest BCUT2D eigenvalue weighted by atomic mass is 10.1. The van der Waals surface area contributed by atoms with Crippen molar-refractivity contribution in [2.45, 2.75) is 44.9 Å². The molecule has 1 aromatic heterocycles. The molecule has 2 rings (SSSR count). The van der Waals surface area contributed by atoms with Gasteiger partial charge in [-0.25, -0.2) is 8.42 Å². The van der Waals surface area contributed by atoms with Gasteiger partial charge in [0.05, 0.1) is 12.4 Å². The summed E-state index contributed by atoms with van der Waals surface area (Å²) in [5, 5.41) is -0.257. The number of carbonyl (C=O) groups is 2. The van der Waals surface area contributed by atoms with Crippen molar-refractivity contribution >= 4 is 32.5 Å². The van der Waals surface area contributed by atoms with Gasteiger partial charge in [-0.15, -0.1) is 6.58 Å². The molecule has 0 amide bonds. The average molecular weight is 406 g/mol. The predicted octanol–water partition coefficient (Wildman–Crippen LogP) is 3.55. The van der Waals surface area contributed by atoms with Crippen LogP contribution in [-0.4, -0.2) is 42.3 Å². The summed E-state index contributed by atoms with van der Waals surface area (Å²) in [6, 6.07) is 7.69. The first-order valence-electron chi connectivity index (χ1n) is 9.39. The van der Waals surface area contributed by atoms with Crippen molar-refractivity contribution in [1.82, 2.24) is 4.57 Å². The zero-order chi connectivity index (χ0) is 20.7. The van der Waals surface area contributed by atoms with E-state index in [4.69, 9.17) is 4.74 Å². The number of sulfone groups is 1. The Kier molecular flexibility index (Phi) is 7.57. The Morgan fingerprint density at radius 2 is 1.96 bits per heavy atom. The summed E-state index contributed by atoms with van der Waals surface area (Å²) in [5.74, 6) is -0.941. The van der Waals surface area contributed by atoms with Gasteiger partial charge in [-0.3, -0.25) is 9.59 Å². The van der Waals surface area contributed by atoms with E-state index in [1.54, 1.807) is 13.8 Å². The van der Waals surface area contributed by atoms with Crippen LogP contribution in [-0.2, 0) is 25.9 Å². The summed E-state index contributed by atoms with van der Waals surface area (Å²) >= 11 is 0. The summed E-state index contributed by atoms with van der Waals surface area (Å²) in [4.78, 5) is 24.0. The highest BCUT2D eigenvalue weighted by Gasteiger charge is 2.32. The van der Waals surface area contributed by atoms with Crippen LogP contribution in [0, 0.1) is 0 Å². The second kappa shape index (κ2) is 9.68. The molecule has 1 heterocycles. The summed E-state index contributed by atoms with van der Waals surface area (Å²) in [6.07, 6.45) is 4.55. The number of ether oxygens (including phenoxy) is 1. The van der Waals surface area contributed by atoms with Crippen molar-refractivity contribution in [3.63, 3.8) is 0 Å². The Bertz CT molecular complexity index is 958. The zero-order valence-corrected chi connectivity index (χ0v) is 17.2. The average Bonchev–Trinajstić information content (AvgIpc) is 3.00. The van der Waals surface area contributed by atoms with E-state index in [1.807, 2.05) is 35.0 Å². The summed E-state index contributed by atoms with van der Waals surface area (Å²) in [7, 11) is -3.62. The second-order valence-electron chi connectivity index (χ2n) is 6.66. The SMILES string of the molecule is C=CCS(=O)(=O)C(CCCCn1cc(C(C)=O)c2ccccc21)C(=O)OCC. The van der Waals surface area contributed by atoms with Gasteiger partial charge in [0.15, 0.2) is 20.9 Å². The van der Waals surface area contributed by atoms with Crippen molar-refractivity contribution in [3.8, 4) is 0 Å². The minimum Gasteiger partial charge on any atom is -0.465 e. The van der Waals surface area contributed by atoms with Crippen LogP contribution in [0.2, 0.25) is 0 Å². The van der Waals surface area contributed by atoms with Gasteiger partial charge < -0.3 is 9.30 Å². The first kappa shape index (κ1) is 21.9. The topological polar surface area (TPSA) is 82.4 Å². The molecule has 0 saturated carbocycles. The van der Waals surface area contributed by atoms with E-state index in [2.05, 4.69) is 6.58 Å². The molecule has 152 valence electrons.